The Balaban J connectivity index is 2.19. The zero-order valence-corrected chi connectivity index (χ0v) is 11.0. The van der Waals surface area contributed by atoms with Gasteiger partial charge < -0.3 is 20.1 Å². The maximum Gasteiger partial charge on any atom is 0.236 e. The van der Waals surface area contributed by atoms with Crippen LogP contribution in [0.1, 0.15) is 26.2 Å². The number of rotatable bonds is 7. The molecule has 2 N–H and O–H groups in total. The second-order valence-corrected chi connectivity index (χ2v) is 4.54. The summed E-state index contributed by atoms with van der Waals surface area (Å²) < 4.78 is 10.2. The van der Waals surface area contributed by atoms with Gasteiger partial charge in [-0.1, -0.05) is 0 Å². The van der Waals surface area contributed by atoms with E-state index in [2.05, 4.69) is 10.6 Å². The van der Waals surface area contributed by atoms with Crippen LogP contribution in [-0.2, 0) is 14.3 Å². The van der Waals surface area contributed by atoms with Crippen molar-refractivity contribution in [1.82, 2.24) is 10.6 Å². The second kappa shape index (κ2) is 7.63. The third kappa shape index (κ3) is 5.02. The van der Waals surface area contributed by atoms with Crippen LogP contribution in [0.4, 0.5) is 0 Å². The van der Waals surface area contributed by atoms with Gasteiger partial charge in [0, 0.05) is 26.8 Å². The average molecular weight is 244 g/mol. The molecular formula is C12H24N2O3. The largest absolute Gasteiger partial charge is 0.383 e. The summed E-state index contributed by atoms with van der Waals surface area (Å²) >= 11 is 0. The number of amides is 1. The van der Waals surface area contributed by atoms with Gasteiger partial charge in [0.1, 0.15) is 0 Å². The van der Waals surface area contributed by atoms with E-state index in [9.17, 15) is 4.79 Å². The molecule has 100 valence electrons. The fourth-order valence-corrected chi connectivity index (χ4v) is 2.16. The lowest BCUT2D eigenvalue weighted by molar-refractivity contribution is -0.123. The molecule has 1 fully saturated rings. The zero-order chi connectivity index (χ0) is 12.7. The van der Waals surface area contributed by atoms with Gasteiger partial charge in [0.25, 0.3) is 0 Å². The van der Waals surface area contributed by atoms with Crippen molar-refractivity contribution in [3.8, 4) is 0 Å². The number of methoxy groups -OCH3 is 2. The highest BCUT2D eigenvalue weighted by Gasteiger charge is 2.26. The van der Waals surface area contributed by atoms with Gasteiger partial charge in [-0.3, -0.25) is 4.79 Å². The molecule has 0 radical (unpaired) electrons. The first-order chi connectivity index (χ1) is 8.17. The molecule has 0 spiro atoms. The summed E-state index contributed by atoms with van der Waals surface area (Å²) in [5.74, 6) is 0.0305. The van der Waals surface area contributed by atoms with Crippen molar-refractivity contribution in [2.24, 2.45) is 0 Å². The molecule has 1 aliphatic rings. The van der Waals surface area contributed by atoms with Gasteiger partial charge >= 0.3 is 0 Å². The van der Waals surface area contributed by atoms with E-state index in [-0.39, 0.29) is 11.9 Å². The second-order valence-electron chi connectivity index (χ2n) is 4.54. The van der Waals surface area contributed by atoms with Gasteiger partial charge in [-0.25, -0.2) is 0 Å². The standard InChI is InChI=1S/C12H24N2O3/c1-9(12(15)13-6-7-16-2)14-10-4-5-11(8-10)17-3/h9-11,14H,4-8H2,1-3H3,(H,13,15). The van der Waals surface area contributed by atoms with Crippen LogP contribution in [0.25, 0.3) is 0 Å². The Kier molecular flexibility index (Phi) is 6.47. The van der Waals surface area contributed by atoms with Gasteiger partial charge in [-0.05, 0) is 26.2 Å². The fourth-order valence-electron chi connectivity index (χ4n) is 2.16. The molecule has 0 aliphatic heterocycles. The maximum atomic E-state index is 11.7. The molecule has 3 atom stereocenters. The predicted octanol–water partition coefficient (Wildman–Crippen LogP) is 0.295. The highest BCUT2D eigenvalue weighted by atomic mass is 16.5. The van der Waals surface area contributed by atoms with Crippen molar-refractivity contribution in [3.05, 3.63) is 0 Å². The molecule has 0 aromatic heterocycles. The lowest BCUT2D eigenvalue weighted by Crippen LogP contribution is -2.46. The topological polar surface area (TPSA) is 59.6 Å². The summed E-state index contributed by atoms with van der Waals surface area (Å²) in [6.45, 7) is 3.00. The molecule has 5 heteroatoms. The Labute approximate surface area is 103 Å². The molecule has 3 unspecified atom stereocenters. The molecule has 5 nitrogen and oxygen atoms in total. The van der Waals surface area contributed by atoms with Gasteiger partial charge in [0.2, 0.25) is 5.91 Å². The monoisotopic (exact) mass is 244 g/mol. The minimum atomic E-state index is -0.160. The smallest absolute Gasteiger partial charge is 0.236 e. The van der Waals surface area contributed by atoms with E-state index in [0.717, 1.165) is 19.3 Å². The molecule has 1 saturated carbocycles. The minimum Gasteiger partial charge on any atom is -0.383 e. The van der Waals surface area contributed by atoms with Gasteiger partial charge in [0.05, 0.1) is 18.8 Å². The predicted molar refractivity (Wildman–Crippen MR) is 65.9 cm³/mol. The Bertz CT molecular complexity index is 236. The SMILES string of the molecule is COCCNC(=O)C(C)NC1CCC(OC)C1. The van der Waals surface area contributed by atoms with Crippen LogP contribution in [0, 0.1) is 0 Å². The number of carbonyl (C=O) groups excluding carboxylic acids is 1. The molecule has 1 rings (SSSR count). The summed E-state index contributed by atoms with van der Waals surface area (Å²) in [7, 11) is 3.37. The van der Waals surface area contributed by atoms with Crippen LogP contribution in [0.5, 0.6) is 0 Å². The van der Waals surface area contributed by atoms with E-state index in [1.807, 2.05) is 6.92 Å². The van der Waals surface area contributed by atoms with Crippen molar-refractivity contribution in [2.75, 3.05) is 27.4 Å². The first kappa shape index (κ1) is 14.4. The summed E-state index contributed by atoms with van der Waals surface area (Å²) in [4.78, 5) is 11.7. The molecule has 0 heterocycles. The van der Waals surface area contributed by atoms with E-state index >= 15 is 0 Å². The molecule has 0 saturated heterocycles. The Hall–Kier alpha value is -0.650. The summed E-state index contributed by atoms with van der Waals surface area (Å²) in [6, 6.07) is 0.232. The van der Waals surface area contributed by atoms with Crippen LogP contribution in [0.2, 0.25) is 0 Å². The van der Waals surface area contributed by atoms with Crippen molar-refractivity contribution in [2.45, 2.75) is 44.4 Å². The summed E-state index contributed by atoms with van der Waals surface area (Å²) in [5.41, 5.74) is 0. The number of carbonyl (C=O) groups is 1. The number of hydrogen-bond acceptors (Lipinski definition) is 4. The van der Waals surface area contributed by atoms with Crippen LogP contribution < -0.4 is 10.6 Å². The lowest BCUT2D eigenvalue weighted by Gasteiger charge is -2.19. The van der Waals surface area contributed by atoms with E-state index in [1.165, 1.54) is 0 Å². The quantitative estimate of drug-likeness (QED) is 0.632. The number of nitrogens with one attached hydrogen (secondary N) is 2. The van der Waals surface area contributed by atoms with Crippen LogP contribution >= 0.6 is 0 Å². The molecule has 0 bridgehead atoms. The Morgan fingerprint density at radius 3 is 2.76 bits per heavy atom. The fraction of sp³-hybridized carbons (Fsp3) is 0.917. The van der Waals surface area contributed by atoms with Crippen LogP contribution in [-0.4, -0.2) is 51.5 Å². The van der Waals surface area contributed by atoms with Crippen molar-refractivity contribution < 1.29 is 14.3 Å². The molecular weight excluding hydrogens is 220 g/mol. The highest BCUT2D eigenvalue weighted by molar-refractivity contribution is 5.81. The molecule has 0 aromatic carbocycles. The highest BCUT2D eigenvalue weighted by Crippen LogP contribution is 2.21. The maximum absolute atomic E-state index is 11.7. The first-order valence-corrected chi connectivity index (χ1v) is 6.22. The summed E-state index contributed by atoms with van der Waals surface area (Å²) in [6.07, 6.45) is 3.49. The normalized spacial score (nSPS) is 25.8. The molecule has 1 aliphatic carbocycles. The number of ether oxygens (including phenoxy) is 2. The summed E-state index contributed by atoms with van der Waals surface area (Å²) in [5, 5.41) is 6.16. The van der Waals surface area contributed by atoms with Crippen LogP contribution in [0.3, 0.4) is 0 Å². The van der Waals surface area contributed by atoms with Crippen molar-refractivity contribution in [1.29, 1.82) is 0 Å². The lowest BCUT2D eigenvalue weighted by atomic mass is 10.2. The number of hydrogen-bond donors (Lipinski definition) is 2. The van der Waals surface area contributed by atoms with Crippen LogP contribution in [0.15, 0.2) is 0 Å². The van der Waals surface area contributed by atoms with Crippen molar-refractivity contribution in [3.63, 3.8) is 0 Å². The molecule has 0 aromatic rings. The average Bonchev–Trinajstić information content (AvgIpc) is 2.77. The van der Waals surface area contributed by atoms with E-state index < -0.39 is 0 Å². The first-order valence-electron chi connectivity index (χ1n) is 6.22. The van der Waals surface area contributed by atoms with Gasteiger partial charge in [-0.15, -0.1) is 0 Å². The zero-order valence-electron chi connectivity index (χ0n) is 11.0. The van der Waals surface area contributed by atoms with Crippen molar-refractivity contribution >= 4 is 5.91 Å². The molecule has 1 amide bonds. The van der Waals surface area contributed by atoms with Gasteiger partial charge in [0.15, 0.2) is 0 Å². The van der Waals surface area contributed by atoms with E-state index in [0.29, 0.717) is 25.3 Å². The van der Waals surface area contributed by atoms with E-state index in [4.69, 9.17) is 9.47 Å². The van der Waals surface area contributed by atoms with Gasteiger partial charge in [-0.2, -0.15) is 0 Å². The van der Waals surface area contributed by atoms with E-state index in [1.54, 1.807) is 14.2 Å². The Morgan fingerprint density at radius 2 is 2.18 bits per heavy atom. The molecule has 17 heavy (non-hydrogen) atoms. The third-order valence-corrected chi connectivity index (χ3v) is 3.20. The Morgan fingerprint density at radius 1 is 1.41 bits per heavy atom. The third-order valence-electron chi connectivity index (χ3n) is 3.20. The minimum absolute atomic E-state index is 0.0305.